The van der Waals surface area contributed by atoms with Crippen LogP contribution >= 0.6 is 0 Å². The molecule has 1 unspecified atom stereocenters. The van der Waals surface area contributed by atoms with E-state index in [1.165, 1.54) is 12.8 Å². The molecule has 0 radical (unpaired) electrons. The number of nitrogens with one attached hydrogen (secondary N) is 1. The molecule has 1 aliphatic heterocycles. The second-order valence-electron chi connectivity index (χ2n) is 5.89. The Hall–Kier alpha value is -2.13. The van der Waals surface area contributed by atoms with E-state index in [-0.39, 0.29) is 0 Å². The number of fused-ring (bicyclic) bond motifs is 1. The quantitative estimate of drug-likeness (QED) is 0.861. The third kappa shape index (κ3) is 2.24. The summed E-state index contributed by atoms with van der Waals surface area (Å²) in [4.78, 5) is 16.6. The van der Waals surface area contributed by atoms with Crippen molar-refractivity contribution in [3.8, 4) is 6.07 Å². The fourth-order valence-electron chi connectivity index (χ4n) is 3.36. The lowest BCUT2D eigenvalue weighted by atomic mass is 10.2. The van der Waals surface area contributed by atoms with Gasteiger partial charge in [0.15, 0.2) is 0 Å². The minimum absolute atomic E-state index is 0.473. The van der Waals surface area contributed by atoms with Crippen LogP contribution in [-0.4, -0.2) is 51.6 Å². The summed E-state index contributed by atoms with van der Waals surface area (Å²) in [6.07, 6.45) is 7.12. The average Bonchev–Trinajstić information content (AvgIpc) is 3.02. The second kappa shape index (κ2) is 5.01. The number of nitrogens with zero attached hydrogens (tertiary/aromatic N) is 5. The second-order valence-corrected chi connectivity index (χ2v) is 5.89. The van der Waals surface area contributed by atoms with E-state index >= 15 is 0 Å². The van der Waals surface area contributed by atoms with E-state index < -0.39 is 0 Å². The summed E-state index contributed by atoms with van der Waals surface area (Å²) in [6, 6.07) is 5.46. The molecule has 1 N–H and O–H groups in total. The van der Waals surface area contributed by atoms with Gasteiger partial charge in [-0.1, -0.05) is 0 Å². The van der Waals surface area contributed by atoms with Crippen molar-refractivity contribution < 1.29 is 0 Å². The fraction of sp³-hybridized carbons (Fsp3) is 0.533. The molecule has 1 atom stereocenters. The van der Waals surface area contributed by atoms with E-state index in [1.54, 1.807) is 6.33 Å². The van der Waals surface area contributed by atoms with Gasteiger partial charge in [-0.05, 0) is 25.3 Å². The highest BCUT2D eigenvalue weighted by Crippen LogP contribution is 2.33. The molecular weight excluding hydrogens is 264 g/mol. The minimum atomic E-state index is 0.473. The van der Waals surface area contributed by atoms with E-state index in [9.17, 15) is 0 Å². The van der Waals surface area contributed by atoms with Gasteiger partial charge in [0.2, 0.25) is 0 Å². The van der Waals surface area contributed by atoms with Gasteiger partial charge in [0.1, 0.15) is 17.8 Å². The van der Waals surface area contributed by atoms with Gasteiger partial charge in [-0.15, -0.1) is 0 Å². The van der Waals surface area contributed by atoms with Crippen molar-refractivity contribution in [2.24, 2.45) is 0 Å². The van der Waals surface area contributed by atoms with E-state index in [1.807, 2.05) is 12.3 Å². The third-order valence-corrected chi connectivity index (χ3v) is 4.53. The highest BCUT2D eigenvalue weighted by molar-refractivity contribution is 5.87. The van der Waals surface area contributed by atoms with Crippen LogP contribution in [0.25, 0.3) is 11.0 Å². The molecule has 2 fully saturated rings. The Balaban J connectivity index is 1.56. The Bertz CT molecular complexity index is 683. The van der Waals surface area contributed by atoms with Gasteiger partial charge in [-0.3, -0.25) is 4.90 Å². The monoisotopic (exact) mass is 282 g/mol. The summed E-state index contributed by atoms with van der Waals surface area (Å²) in [5.41, 5.74) is 0.888. The Morgan fingerprint density at radius 1 is 1.33 bits per heavy atom. The van der Waals surface area contributed by atoms with Crippen LogP contribution in [0.3, 0.4) is 0 Å². The molecule has 4 rings (SSSR count). The highest BCUT2D eigenvalue weighted by Gasteiger charge is 2.37. The molecule has 0 aromatic carbocycles. The molecular formula is C15H18N6. The molecule has 2 aliphatic rings. The summed E-state index contributed by atoms with van der Waals surface area (Å²) in [5.74, 6) is 1.01. The Labute approximate surface area is 123 Å². The van der Waals surface area contributed by atoms with E-state index in [0.29, 0.717) is 18.6 Å². The number of aromatic amines is 1. The van der Waals surface area contributed by atoms with E-state index in [4.69, 9.17) is 5.26 Å². The largest absolute Gasteiger partial charge is 0.354 e. The maximum atomic E-state index is 9.04. The van der Waals surface area contributed by atoms with Crippen LogP contribution in [0.5, 0.6) is 0 Å². The minimum Gasteiger partial charge on any atom is -0.354 e. The van der Waals surface area contributed by atoms with Crippen LogP contribution < -0.4 is 4.90 Å². The predicted octanol–water partition coefficient (Wildman–Crippen LogP) is 1.52. The predicted molar refractivity (Wildman–Crippen MR) is 79.8 cm³/mol. The van der Waals surface area contributed by atoms with Gasteiger partial charge in [0, 0.05) is 31.4 Å². The number of anilines is 1. The maximum Gasteiger partial charge on any atom is 0.142 e. The van der Waals surface area contributed by atoms with Gasteiger partial charge in [-0.25, -0.2) is 9.97 Å². The molecule has 3 heterocycles. The van der Waals surface area contributed by atoms with E-state index in [2.05, 4.69) is 30.8 Å². The molecule has 21 heavy (non-hydrogen) atoms. The topological polar surface area (TPSA) is 71.8 Å². The lowest BCUT2D eigenvalue weighted by Crippen LogP contribution is -2.39. The van der Waals surface area contributed by atoms with Gasteiger partial charge < -0.3 is 9.88 Å². The van der Waals surface area contributed by atoms with Crippen molar-refractivity contribution in [2.45, 2.75) is 31.3 Å². The van der Waals surface area contributed by atoms with Crippen molar-refractivity contribution in [1.82, 2.24) is 19.9 Å². The zero-order valence-corrected chi connectivity index (χ0v) is 11.9. The normalized spacial score (nSPS) is 22.1. The van der Waals surface area contributed by atoms with Gasteiger partial charge in [0.25, 0.3) is 0 Å². The number of hydrogen-bond acceptors (Lipinski definition) is 5. The molecule has 2 aromatic heterocycles. The van der Waals surface area contributed by atoms with Crippen molar-refractivity contribution in [2.75, 3.05) is 24.5 Å². The van der Waals surface area contributed by atoms with E-state index in [0.717, 1.165) is 36.4 Å². The number of rotatable bonds is 4. The SMILES string of the molecule is N#CCN(C1CC1)C1CCN(c2ncnc3[nH]ccc23)C1. The van der Waals surface area contributed by atoms with Crippen molar-refractivity contribution in [1.29, 1.82) is 5.26 Å². The molecule has 108 valence electrons. The van der Waals surface area contributed by atoms with Gasteiger partial charge in [-0.2, -0.15) is 5.26 Å². The average molecular weight is 282 g/mol. The van der Waals surface area contributed by atoms with Crippen LogP contribution in [0.2, 0.25) is 0 Å². The molecule has 6 nitrogen and oxygen atoms in total. The molecule has 0 amide bonds. The molecule has 1 aliphatic carbocycles. The van der Waals surface area contributed by atoms with Gasteiger partial charge in [0.05, 0.1) is 18.0 Å². The third-order valence-electron chi connectivity index (χ3n) is 4.53. The van der Waals surface area contributed by atoms with Crippen LogP contribution in [0.15, 0.2) is 18.6 Å². The standard InChI is InChI=1S/C15H18N6/c16-5-8-21(11-1-2-11)12-4-7-20(9-12)15-13-3-6-17-14(13)18-10-19-15/h3,6,10-12H,1-2,4,7-9H2,(H,17,18,19). The molecule has 2 aromatic rings. The Kier molecular flexibility index (Phi) is 3.00. The summed E-state index contributed by atoms with van der Waals surface area (Å²) >= 11 is 0. The van der Waals surface area contributed by atoms with Crippen LogP contribution in [0.1, 0.15) is 19.3 Å². The number of nitriles is 1. The number of hydrogen-bond donors (Lipinski definition) is 1. The summed E-state index contributed by atoms with van der Waals surface area (Å²) in [6.45, 7) is 2.50. The van der Waals surface area contributed by atoms with Crippen LogP contribution in [-0.2, 0) is 0 Å². The lowest BCUT2D eigenvalue weighted by molar-refractivity contribution is 0.224. The fourth-order valence-corrected chi connectivity index (χ4v) is 3.36. The number of H-pyrrole nitrogens is 1. The molecule has 0 spiro atoms. The van der Waals surface area contributed by atoms with Crippen molar-refractivity contribution >= 4 is 16.9 Å². The van der Waals surface area contributed by atoms with Gasteiger partial charge >= 0.3 is 0 Å². The summed E-state index contributed by atoms with van der Waals surface area (Å²) < 4.78 is 0. The summed E-state index contributed by atoms with van der Waals surface area (Å²) in [7, 11) is 0. The molecule has 0 bridgehead atoms. The first kappa shape index (κ1) is 12.6. The smallest absolute Gasteiger partial charge is 0.142 e. The number of aromatic nitrogens is 3. The van der Waals surface area contributed by atoms with Crippen molar-refractivity contribution in [3.05, 3.63) is 18.6 Å². The Morgan fingerprint density at radius 2 is 2.24 bits per heavy atom. The Morgan fingerprint density at radius 3 is 3.05 bits per heavy atom. The maximum absolute atomic E-state index is 9.04. The first-order chi connectivity index (χ1) is 10.4. The zero-order chi connectivity index (χ0) is 14.2. The molecule has 1 saturated carbocycles. The summed E-state index contributed by atoms with van der Waals surface area (Å²) in [5, 5.41) is 10.1. The zero-order valence-electron chi connectivity index (χ0n) is 11.9. The molecule has 6 heteroatoms. The van der Waals surface area contributed by atoms with Crippen LogP contribution in [0, 0.1) is 11.3 Å². The van der Waals surface area contributed by atoms with Crippen molar-refractivity contribution in [3.63, 3.8) is 0 Å². The lowest BCUT2D eigenvalue weighted by Gasteiger charge is -2.26. The van der Waals surface area contributed by atoms with Crippen LogP contribution in [0.4, 0.5) is 5.82 Å². The molecule has 1 saturated heterocycles. The highest BCUT2D eigenvalue weighted by atomic mass is 15.3. The first-order valence-corrected chi connectivity index (χ1v) is 7.52. The first-order valence-electron chi connectivity index (χ1n) is 7.52.